The van der Waals surface area contributed by atoms with Gasteiger partial charge in [-0.15, -0.1) is 0 Å². The Morgan fingerprint density at radius 2 is 2.25 bits per heavy atom. The summed E-state index contributed by atoms with van der Waals surface area (Å²) in [5.74, 6) is 0.694. The third kappa shape index (κ3) is 1.54. The average molecular weight is 214 g/mol. The Hall–Kier alpha value is -1.28. The van der Waals surface area contributed by atoms with E-state index >= 15 is 0 Å². The molecule has 2 nitrogen and oxygen atoms in total. The molecule has 2 aromatic rings. The molecule has 3 rings (SSSR count). The van der Waals surface area contributed by atoms with Crippen LogP contribution in [0.4, 0.5) is 0 Å². The van der Waals surface area contributed by atoms with Gasteiger partial charge in [-0.2, -0.15) is 0 Å². The van der Waals surface area contributed by atoms with Crippen LogP contribution in [0.15, 0.2) is 30.5 Å². The fraction of sp³-hybridized carbons (Fsp3) is 0.429. The second kappa shape index (κ2) is 3.95. The Kier molecular flexibility index (Phi) is 2.44. The number of hydrogen-bond acceptors (Lipinski definition) is 1. The van der Waals surface area contributed by atoms with Crippen LogP contribution in [0.3, 0.4) is 0 Å². The first kappa shape index (κ1) is 9.91. The normalized spacial score (nSPS) is 21.4. The highest BCUT2D eigenvalue weighted by molar-refractivity contribution is 5.84. The fourth-order valence-corrected chi connectivity index (χ4v) is 2.80. The van der Waals surface area contributed by atoms with Crippen molar-refractivity contribution in [2.45, 2.75) is 18.8 Å². The summed E-state index contributed by atoms with van der Waals surface area (Å²) in [6.45, 7) is 2.31. The van der Waals surface area contributed by atoms with Gasteiger partial charge in [0.05, 0.1) is 0 Å². The molecule has 0 saturated carbocycles. The fourth-order valence-electron chi connectivity index (χ4n) is 2.80. The first-order valence-corrected chi connectivity index (χ1v) is 6.11. The molecule has 1 atom stereocenters. The van der Waals surface area contributed by atoms with E-state index < -0.39 is 0 Å². The van der Waals surface area contributed by atoms with Gasteiger partial charge in [0.25, 0.3) is 0 Å². The summed E-state index contributed by atoms with van der Waals surface area (Å²) >= 11 is 0. The summed E-state index contributed by atoms with van der Waals surface area (Å²) in [5.41, 5.74) is 2.87. The zero-order valence-corrected chi connectivity index (χ0v) is 9.74. The predicted molar refractivity (Wildman–Crippen MR) is 67.8 cm³/mol. The summed E-state index contributed by atoms with van der Waals surface area (Å²) in [4.78, 5) is 0. The smallest absolute Gasteiger partial charge is 0.0480 e. The largest absolute Gasteiger partial charge is 0.351 e. The van der Waals surface area contributed by atoms with Gasteiger partial charge in [-0.1, -0.05) is 12.1 Å². The molecule has 1 saturated heterocycles. The topological polar surface area (TPSA) is 17.0 Å². The molecular weight excluding hydrogens is 196 g/mol. The van der Waals surface area contributed by atoms with Crippen LogP contribution in [0.25, 0.3) is 10.9 Å². The zero-order valence-electron chi connectivity index (χ0n) is 9.74. The van der Waals surface area contributed by atoms with Crippen LogP contribution in [0.5, 0.6) is 0 Å². The molecule has 1 aliphatic rings. The summed E-state index contributed by atoms with van der Waals surface area (Å²) in [6.07, 6.45) is 4.78. The maximum Gasteiger partial charge on any atom is 0.0480 e. The van der Waals surface area contributed by atoms with Gasteiger partial charge in [0.1, 0.15) is 0 Å². The van der Waals surface area contributed by atoms with E-state index in [9.17, 15) is 0 Å². The highest BCUT2D eigenvalue weighted by Gasteiger charge is 2.17. The van der Waals surface area contributed by atoms with E-state index in [1.165, 1.54) is 35.9 Å². The molecular formula is C14H18N2. The van der Waals surface area contributed by atoms with Gasteiger partial charge in [-0.05, 0) is 43.0 Å². The Morgan fingerprint density at radius 1 is 1.31 bits per heavy atom. The molecule has 0 spiro atoms. The number of aromatic nitrogens is 1. The van der Waals surface area contributed by atoms with E-state index in [0.717, 1.165) is 6.54 Å². The lowest BCUT2D eigenvalue weighted by molar-refractivity contribution is 0.463. The van der Waals surface area contributed by atoms with Crippen LogP contribution < -0.4 is 5.32 Å². The number of benzene rings is 1. The van der Waals surface area contributed by atoms with Crippen molar-refractivity contribution < 1.29 is 0 Å². The van der Waals surface area contributed by atoms with E-state index in [2.05, 4.69) is 47.4 Å². The van der Waals surface area contributed by atoms with Gasteiger partial charge in [-0.3, -0.25) is 0 Å². The van der Waals surface area contributed by atoms with Crippen LogP contribution >= 0.6 is 0 Å². The molecule has 2 heterocycles. The van der Waals surface area contributed by atoms with E-state index in [1.807, 2.05) is 0 Å². The number of fused-ring (bicyclic) bond motifs is 1. The maximum absolute atomic E-state index is 3.50. The minimum absolute atomic E-state index is 0.694. The molecule has 0 unspecified atom stereocenters. The van der Waals surface area contributed by atoms with E-state index in [4.69, 9.17) is 0 Å². The molecule has 1 fully saturated rings. The third-order valence-electron chi connectivity index (χ3n) is 3.70. The van der Waals surface area contributed by atoms with Crippen molar-refractivity contribution in [3.05, 3.63) is 36.0 Å². The molecule has 16 heavy (non-hydrogen) atoms. The molecule has 1 aromatic heterocycles. The lowest BCUT2D eigenvalue weighted by Crippen LogP contribution is -2.28. The van der Waals surface area contributed by atoms with E-state index in [1.54, 1.807) is 0 Å². The third-order valence-corrected chi connectivity index (χ3v) is 3.70. The van der Waals surface area contributed by atoms with Gasteiger partial charge in [0.15, 0.2) is 0 Å². The second-order valence-corrected chi connectivity index (χ2v) is 4.75. The molecule has 1 aliphatic heterocycles. The van der Waals surface area contributed by atoms with Crippen LogP contribution in [0.2, 0.25) is 0 Å². The molecule has 0 bridgehead atoms. The standard InChI is InChI=1S/C14H18N2/c1-16-9-7-13-12(5-2-6-14(13)16)11-4-3-8-15-10-11/h2,5-7,9,11,15H,3-4,8,10H2,1H3/t11-/m1/s1. The zero-order chi connectivity index (χ0) is 11.0. The quantitative estimate of drug-likeness (QED) is 0.772. The van der Waals surface area contributed by atoms with Crippen LogP contribution in [-0.4, -0.2) is 17.7 Å². The number of hydrogen-bond donors (Lipinski definition) is 1. The SMILES string of the molecule is Cn1ccc2c([C@@H]3CCCNC3)cccc21. The van der Waals surface area contributed by atoms with Crippen LogP contribution in [0, 0.1) is 0 Å². The monoisotopic (exact) mass is 214 g/mol. The molecule has 2 heteroatoms. The highest BCUT2D eigenvalue weighted by atomic mass is 14.9. The molecule has 1 N–H and O–H groups in total. The highest BCUT2D eigenvalue weighted by Crippen LogP contribution is 2.30. The Balaban J connectivity index is 2.08. The number of nitrogens with one attached hydrogen (secondary N) is 1. The number of piperidine rings is 1. The molecule has 0 radical (unpaired) electrons. The van der Waals surface area contributed by atoms with Gasteiger partial charge in [0, 0.05) is 30.7 Å². The van der Waals surface area contributed by atoms with Crippen molar-refractivity contribution in [1.82, 2.24) is 9.88 Å². The maximum atomic E-state index is 3.50. The Bertz CT molecular complexity index is 492. The van der Waals surface area contributed by atoms with Crippen molar-refractivity contribution in [3.63, 3.8) is 0 Å². The van der Waals surface area contributed by atoms with Gasteiger partial charge in [-0.25, -0.2) is 0 Å². The van der Waals surface area contributed by atoms with Gasteiger partial charge >= 0.3 is 0 Å². The number of nitrogens with zero attached hydrogens (tertiary/aromatic N) is 1. The Labute approximate surface area is 96.3 Å². The molecule has 0 amide bonds. The number of rotatable bonds is 1. The number of aryl methyl sites for hydroxylation is 1. The van der Waals surface area contributed by atoms with Gasteiger partial charge < -0.3 is 9.88 Å². The molecule has 84 valence electrons. The van der Waals surface area contributed by atoms with Gasteiger partial charge in [0.2, 0.25) is 0 Å². The lowest BCUT2D eigenvalue weighted by atomic mass is 9.89. The summed E-state index contributed by atoms with van der Waals surface area (Å²) in [5, 5.41) is 4.93. The predicted octanol–water partition coefficient (Wildman–Crippen LogP) is 2.65. The first-order chi connectivity index (χ1) is 7.86. The second-order valence-electron chi connectivity index (χ2n) is 4.75. The Morgan fingerprint density at radius 3 is 3.06 bits per heavy atom. The first-order valence-electron chi connectivity index (χ1n) is 6.11. The summed E-state index contributed by atoms with van der Waals surface area (Å²) in [7, 11) is 2.12. The lowest BCUT2D eigenvalue weighted by Gasteiger charge is -2.23. The van der Waals surface area contributed by atoms with Crippen LogP contribution in [-0.2, 0) is 7.05 Å². The molecule has 1 aromatic carbocycles. The summed E-state index contributed by atoms with van der Waals surface area (Å²) in [6, 6.07) is 8.93. The van der Waals surface area contributed by atoms with E-state index in [-0.39, 0.29) is 0 Å². The van der Waals surface area contributed by atoms with Crippen molar-refractivity contribution in [3.8, 4) is 0 Å². The summed E-state index contributed by atoms with van der Waals surface area (Å²) < 4.78 is 2.20. The average Bonchev–Trinajstić information content (AvgIpc) is 2.73. The molecule has 0 aliphatic carbocycles. The van der Waals surface area contributed by atoms with Crippen molar-refractivity contribution in [2.24, 2.45) is 7.05 Å². The van der Waals surface area contributed by atoms with Crippen molar-refractivity contribution in [1.29, 1.82) is 0 Å². The van der Waals surface area contributed by atoms with E-state index in [0.29, 0.717) is 5.92 Å². The van der Waals surface area contributed by atoms with Crippen molar-refractivity contribution in [2.75, 3.05) is 13.1 Å². The van der Waals surface area contributed by atoms with Crippen molar-refractivity contribution >= 4 is 10.9 Å². The minimum Gasteiger partial charge on any atom is -0.351 e. The van der Waals surface area contributed by atoms with Crippen LogP contribution in [0.1, 0.15) is 24.3 Å². The minimum atomic E-state index is 0.694.